The summed E-state index contributed by atoms with van der Waals surface area (Å²) < 4.78 is 5.24. The number of rotatable bonds is 7. The maximum atomic E-state index is 12.3. The van der Waals surface area contributed by atoms with Crippen molar-refractivity contribution in [2.75, 3.05) is 13.2 Å². The van der Waals surface area contributed by atoms with E-state index in [1.807, 2.05) is 19.9 Å². The quantitative estimate of drug-likeness (QED) is 0.791. The highest BCUT2D eigenvalue weighted by atomic mass is 16.3. The van der Waals surface area contributed by atoms with Gasteiger partial charge in [-0.3, -0.25) is 9.59 Å². The molecule has 2 heterocycles. The zero-order valence-corrected chi connectivity index (χ0v) is 13.1. The van der Waals surface area contributed by atoms with Crippen LogP contribution in [0.25, 0.3) is 0 Å². The first-order valence-electron chi connectivity index (χ1n) is 7.76. The second-order valence-corrected chi connectivity index (χ2v) is 5.94. The van der Waals surface area contributed by atoms with E-state index in [1.165, 1.54) is 0 Å². The predicted octanol–water partition coefficient (Wildman–Crippen LogP) is 1.15. The number of amides is 2. The molecule has 1 aromatic heterocycles. The highest BCUT2D eigenvalue weighted by Gasteiger charge is 2.35. The molecule has 3 atom stereocenters. The van der Waals surface area contributed by atoms with E-state index in [0.717, 1.165) is 6.42 Å². The van der Waals surface area contributed by atoms with Gasteiger partial charge in [0.2, 0.25) is 11.8 Å². The van der Waals surface area contributed by atoms with E-state index in [0.29, 0.717) is 18.8 Å². The lowest BCUT2D eigenvalue weighted by Crippen LogP contribution is -2.45. The van der Waals surface area contributed by atoms with Crippen LogP contribution in [0.4, 0.5) is 0 Å². The second kappa shape index (κ2) is 7.45. The third-order valence-electron chi connectivity index (χ3n) is 4.37. The molecule has 0 saturated carbocycles. The van der Waals surface area contributed by atoms with Gasteiger partial charge in [-0.05, 0) is 18.1 Å². The molecule has 122 valence electrons. The van der Waals surface area contributed by atoms with Crippen LogP contribution in [0.15, 0.2) is 22.8 Å². The number of nitrogens with zero attached hydrogens (tertiary/aromatic N) is 1. The van der Waals surface area contributed by atoms with Gasteiger partial charge in [0, 0.05) is 13.0 Å². The van der Waals surface area contributed by atoms with Crippen molar-refractivity contribution in [3.05, 3.63) is 24.2 Å². The van der Waals surface area contributed by atoms with Gasteiger partial charge in [-0.25, -0.2) is 0 Å². The molecule has 0 spiro atoms. The summed E-state index contributed by atoms with van der Waals surface area (Å²) in [7, 11) is 0. The topological polar surface area (TPSA) is 82.8 Å². The molecule has 2 N–H and O–H groups in total. The number of likely N-dealkylation sites (tertiary alicyclic amines) is 1. The standard InChI is InChI=1S/C16H24N2O4/c1-3-11(2)14(10-19)17-16(21)12-7-15(20)18(8-12)9-13-5-4-6-22-13/h4-6,11-12,14,19H,3,7-10H2,1-2H3,(H,17,21)/t11-,12+,14-/m1/s1. The number of nitrogens with one attached hydrogen (secondary N) is 1. The molecule has 0 unspecified atom stereocenters. The molecular formula is C16H24N2O4. The van der Waals surface area contributed by atoms with Gasteiger partial charge < -0.3 is 19.7 Å². The Morgan fingerprint density at radius 3 is 2.95 bits per heavy atom. The molecule has 2 amide bonds. The summed E-state index contributed by atoms with van der Waals surface area (Å²) in [6, 6.07) is 3.33. The van der Waals surface area contributed by atoms with E-state index in [2.05, 4.69) is 5.32 Å². The summed E-state index contributed by atoms with van der Waals surface area (Å²) in [5.41, 5.74) is 0. The second-order valence-electron chi connectivity index (χ2n) is 5.94. The van der Waals surface area contributed by atoms with Crippen LogP contribution in [0.3, 0.4) is 0 Å². The van der Waals surface area contributed by atoms with E-state index >= 15 is 0 Å². The number of carbonyl (C=O) groups excluding carboxylic acids is 2. The van der Waals surface area contributed by atoms with E-state index in [9.17, 15) is 14.7 Å². The number of aliphatic hydroxyl groups excluding tert-OH is 1. The SMILES string of the molecule is CC[C@@H](C)[C@@H](CO)NC(=O)[C@H]1CC(=O)N(Cc2ccco2)C1. The molecule has 1 aliphatic heterocycles. The molecule has 0 radical (unpaired) electrons. The number of furan rings is 1. The Hall–Kier alpha value is -1.82. The third kappa shape index (κ3) is 3.88. The summed E-state index contributed by atoms with van der Waals surface area (Å²) in [5, 5.41) is 12.3. The lowest BCUT2D eigenvalue weighted by molar-refractivity contribution is -0.129. The van der Waals surface area contributed by atoms with E-state index in [1.54, 1.807) is 17.2 Å². The van der Waals surface area contributed by atoms with Crippen LogP contribution in [-0.2, 0) is 16.1 Å². The molecule has 1 saturated heterocycles. The average Bonchev–Trinajstić information content (AvgIpc) is 3.14. The Balaban J connectivity index is 1.90. The number of carbonyl (C=O) groups is 2. The van der Waals surface area contributed by atoms with Crippen molar-refractivity contribution < 1.29 is 19.1 Å². The fourth-order valence-corrected chi connectivity index (χ4v) is 2.64. The molecule has 22 heavy (non-hydrogen) atoms. The maximum Gasteiger partial charge on any atom is 0.225 e. The number of hydrogen-bond acceptors (Lipinski definition) is 4. The van der Waals surface area contributed by atoms with E-state index in [4.69, 9.17) is 4.42 Å². The van der Waals surface area contributed by atoms with Gasteiger partial charge in [-0.1, -0.05) is 20.3 Å². The molecular weight excluding hydrogens is 284 g/mol. The van der Waals surface area contributed by atoms with Crippen molar-refractivity contribution in [2.45, 2.75) is 39.3 Å². The molecule has 2 rings (SSSR count). The zero-order valence-electron chi connectivity index (χ0n) is 13.1. The Morgan fingerprint density at radius 2 is 2.36 bits per heavy atom. The minimum absolute atomic E-state index is 0.0411. The minimum Gasteiger partial charge on any atom is -0.467 e. The molecule has 6 heteroatoms. The van der Waals surface area contributed by atoms with E-state index < -0.39 is 0 Å². The van der Waals surface area contributed by atoms with Crippen molar-refractivity contribution in [1.82, 2.24) is 10.2 Å². The molecule has 0 aromatic carbocycles. The largest absolute Gasteiger partial charge is 0.467 e. The first-order valence-corrected chi connectivity index (χ1v) is 7.76. The summed E-state index contributed by atoms with van der Waals surface area (Å²) in [5.74, 6) is 0.350. The monoisotopic (exact) mass is 308 g/mol. The number of hydrogen-bond donors (Lipinski definition) is 2. The smallest absolute Gasteiger partial charge is 0.225 e. The molecule has 1 fully saturated rings. The number of aliphatic hydroxyl groups is 1. The van der Waals surface area contributed by atoms with Crippen LogP contribution in [0.5, 0.6) is 0 Å². The molecule has 1 aliphatic rings. The van der Waals surface area contributed by atoms with Crippen molar-refractivity contribution in [3.63, 3.8) is 0 Å². The summed E-state index contributed by atoms with van der Waals surface area (Å²) in [4.78, 5) is 26.0. The maximum absolute atomic E-state index is 12.3. The minimum atomic E-state index is -0.361. The van der Waals surface area contributed by atoms with Gasteiger partial charge >= 0.3 is 0 Å². The van der Waals surface area contributed by atoms with Crippen LogP contribution in [0.2, 0.25) is 0 Å². The highest BCUT2D eigenvalue weighted by molar-refractivity contribution is 5.89. The van der Waals surface area contributed by atoms with Crippen LogP contribution in [0, 0.1) is 11.8 Å². The van der Waals surface area contributed by atoms with Crippen molar-refractivity contribution >= 4 is 11.8 Å². The van der Waals surface area contributed by atoms with Gasteiger partial charge in [0.1, 0.15) is 5.76 Å². The van der Waals surface area contributed by atoms with Gasteiger partial charge in [0.25, 0.3) is 0 Å². The summed E-state index contributed by atoms with van der Waals surface area (Å²) in [6.07, 6.45) is 2.66. The van der Waals surface area contributed by atoms with Gasteiger partial charge in [-0.15, -0.1) is 0 Å². The van der Waals surface area contributed by atoms with Gasteiger partial charge in [0.05, 0.1) is 31.4 Å². The zero-order chi connectivity index (χ0) is 16.1. The van der Waals surface area contributed by atoms with Crippen molar-refractivity contribution in [1.29, 1.82) is 0 Å². The average molecular weight is 308 g/mol. The van der Waals surface area contributed by atoms with Crippen molar-refractivity contribution in [2.24, 2.45) is 11.8 Å². The highest BCUT2D eigenvalue weighted by Crippen LogP contribution is 2.21. The van der Waals surface area contributed by atoms with Crippen LogP contribution >= 0.6 is 0 Å². The summed E-state index contributed by atoms with van der Waals surface area (Å²) in [6.45, 7) is 4.71. The summed E-state index contributed by atoms with van der Waals surface area (Å²) >= 11 is 0. The molecule has 0 aliphatic carbocycles. The lowest BCUT2D eigenvalue weighted by atomic mass is 9.98. The van der Waals surface area contributed by atoms with Gasteiger partial charge in [-0.2, -0.15) is 0 Å². The normalized spacial score (nSPS) is 21.0. The Labute approximate surface area is 130 Å². The lowest BCUT2D eigenvalue weighted by Gasteiger charge is -2.23. The van der Waals surface area contributed by atoms with Crippen molar-refractivity contribution in [3.8, 4) is 0 Å². The fourth-order valence-electron chi connectivity index (χ4n) is 2.64. The van der Waals surface area contributed by atoms with Crippen LogP contribution in [0.1, 0.15) is 32.4 Å². The molecule has 6 nitrogen and oxygen atoms in total. The fraction of sp³-hybridized carbons (Fsp3) is 0.625. The predicted molar refractivity (Wildman–Crippen MR) is 80.7 cm³/mol. The van der Waals surface area contributed by atoms with Crippen LogP contribution < -0.4 is 5.32 Å². The Morgan fingerprint density at radius 1 is 1.59 bits per heavy atom. The molecule has 1 aromatic rings. The molecule has 0 bridgehead atoms. The third-order valence-corrected chi connectivity index (χ3v) is 4.37. The Bertz CT molecular complexity index is 500. The first kappa shape index (κ1) is 16.5. The van der Waals surface area contributed by atoms with E-state index in [-0.39, 0.29) is 42.7 Å². The Kier molecular flexibility index (Phi) is 5.60. The van der Waals surface area contributed by atoms with Gasteiger partial charge in [0.15, 0.2) is 0 Å². The first-order chi connectivity index (χ1) is 10.5. The van der Waals surface area contributed by atoms with Crippen LogP contribution in [-0.4, -0.2) is 41.0 Å².